The zero-order chi connectivity index (χ0) is 18.9. The van der Waals surface area contributed by atoms with Crippen LogP contribution in [0.5, 0.6) is 11.5 Å². The van der Waals surface area contributed by atoms with Crippen molar-refractivity contribution < 1.29 is 9.47 Å². The minimum Gasteiger partial charge on any atom is -0.490 e. The molecule has 0 unspecified atom stereocenters. The van der Waals surface area contributed by atoms with Gasteiger partial charge in [0.15, 0.2) is 11.5 Å². The first-order chi connectivity index (χ1) is 13.2. The molecule has 0 bridgehead atoms. The van der Waals surface area contributed by atoms with Crippen LogP contribution in [0.15, 0.2) is 72.8 Å². The molecule has 0 spiro atoms. The Hall–Kier alpha value is -2.20. The molecule has 0 aliphatic carbocycles. The molecule has 1 N–H and O–H groups in total. The third-order valence-electron chi connectivity index (χ3n) is 4.12. The highest BCUT2D eigenvalue weighted by molar-refractivity contribution is 6.30. The fraction of sp³-hybridized carbons (Fsp3) is 0.217. The Morgan fingerprint density at radius 1 is 0.750 bits per heavy atom. The Kier molecular flexibility index (Phi) is 9.15. The maximum Gasteiger partial charge on any atom is 0.161 e. The number of hydrogen-bond donors (Lipinski definition) is 1. The molecule has 0 aliphatic heterocycles. The molecule has 28 heavy (non-hydrogen) atoms. The number of nitrogens with one attached hydrogen (secondary N) is 1. The van der Waals surface area contributed by atoms with E-state index in [9.17, 15) is 0 Å². The van der Waals surface area contributed by atoms with E-state index in [1.54, 1.807) is 0 Å². The SMILES string of the molecule is CCOc1cc(CNCc2ccccc2)ccc1OCc1ccc(Cl)cc1.Cl. The van der Waals surface area contributed by atoms with Gasteiger partial charge in [-0.1, -0.05) is 60.1 Å². The van der Waals surface area contributed by atoms with Crippen molar-refractivity contribution in [2.75, 3.05) is 6.61 Å². The summed E-state index contributed by atoms with van der Waals surface area (Å²) in [4.78, 5) is 0. The van der Waals surface area contributed by atoms with E-state index in [2.05, 4.69) is 35.6 Å². The van der Waals surface area contributed by atoms with Gasteiger partial charge in [-0.3, -0.25) is 0 Å². The van der Waals surface area contributed by atoms with Gasteiger partial charge in [0.2, 0.25) is 0 Å². The van der Waals surface area contributed by atoms with Crippen LogP contribution in [0.1, 0.15) is 23.6 Å². The Morgan fingerprint density at radius 2 is 1.43 bits per heavy atom. The molecule has 3 aromatic rings. The third kappa shape index (κ3) is 6.75. The Morgan fingerprint density at radius 3 is 2.14 bits per heavy atom. The highest BCUT2D eigenvalue weighted by Crippen LogP contribution is 2.29. The normalized spacial score (nSPS) is 10.2. The lowest BCUT2D eigenvalue weighted by atomic mass is 10.2. The highest BCUT2D eigenvalue weighted by Gasteiger charge is 2.07. The van der Waals surface area contributed by atoms with Crippen molar-refractivity contribution in [1.29, 1.82) is 0 Å². The summed E-state index contributed by atoms with van der Waals surface area (Å²) in [6.07, 6.45) is 0. The van der Waals surface area contributed by atoms with Gasteiger partial charge in [-0.15, -0.1) is 12.4 Å². The van der Waals surface area contributed by atoms with E-state index in [1.807, 2.05) is 49.4 Å². The average molecular weight is 418 g/mol. The average Bonchev–Trinajstić information content (AvgIpc) is 2.70. The van der Waals surface area contributed by atoms with Crippen molar-refractivity contribution in [2.24, 2.45) is 0 Å². The topological polar surface area (TPSA) is 30.5 Å². The van der Waals surface area contributed by atoms with E-state index in [1.165, 1.54) is 5.56 Å². The van der Waals surface area contributed by atoms with Crippen LogP contribution in [0.4, 0.5) is 0 Å². The molecule has 0 aromatic heterocycles. The quantitative estimate of drug-likeness (QED) is 0.460. The molecule has 0 saturated heterocycles. The smallest absolute Gasteiger partial charge is 0.161 e. The molecular weight excluding hydrogens is 393 g/mol. The zero-order valence-electron chi connectivity index (χ0n) is 15.9. The summed E-state index contributed by atoms with van der Waals surface area (Å²) >= 11 is 5.93. The predicted molar refractivity (Wildman–Crippen MR) is 118 cm³/mol. The molecule has 0 aliphatic rings. The summed E-state index contributed by atoms with van der Waals surface area (Å²) in [5, 5.41) is 4.18. The Labute approximate surface area is 178 Å². The first kappa shape index (κ1) is 22.1. The van der Waals surface area contributed by atoms with Crippen molar-refractivity contribution in [3.05, 3.63) is 94.5 Å². The van der Waals surface area contributed by atoms with Crippen LogP contribution >= 0.6 is 24.0 Å². The standard InChI is InChI=1S/C23H24ClNO2.ClH/c1-2-26-23-14-20(16-25-15-18-6-4-3-5-7-18)10-13-22(23)27-17-19-8-11-21(24)12-9-19;/h3-14,25H,2,15-17H2,1H3;1H. The van der Waals surface area contributed by atoms with Gasteiger partial charge < -0.3 is 14.8 Å². The van der Waals surface area contributed by atoms with E-state index < -0.39 is 0 Å². The minimum absolute atomic E-state index is 0. The monoisotopic (exact) mass is 417 g/mol. The van der Waals surface area contributed by atoms with Gasteiger partial charge in [-0.2, -0.15) is 0 Å². The third-order valence-corrected chi connectivity index (χ3v) is 4.37. The molecule has 0 saturated carbocycles. The van der Waals surface area contributed by atoms with E-state index in [0.29, 0.717) is 13.2 Å². The Balaban J connectivity index is 0.00000280. The molecular formula is C23H25Cl2NO2. The molecule has 0 fully saturated rings. The van der Waals surface area contributed by atoms with Crippen molar-refractivity contribution in [3.63, 3.8) is 0 Å². The van der Waals surface area contributed by atoms with Crippen LogP contribution in [0.3, 0.4) is 0 Å². The maximum absolute atomic E-state index is 5.96. The first-order valence-electron chi connectivity index (χ1n) is 9.12. The second kappa shape index (κ2) is 11.6. The van der Waals surface area contributed by atoms with Crippen LogP contribution in [-0.2, 0) is 19.7 Å². The summed E-state index contributed by atoms with van der Waals surface area (Å²) in [6, 6.07) is 24.1. The number of ether oxygens (including phenoxy) is 2. The van der Waals surface area contributed by atoms with Crippen LogP contribution in [-0.4, -0.2) is 6.61 Å². The lowest BCUT2D eigenvalue weighted by molar-refractivity contribution is 0.269. The minimum atomic E-state index is 0. The molecule has 3 rings (SSSR count). The largest absolute Gasteiger partial charge is 0.490 e. The lowest BCUT2D eigenvalue weighted by Gasteiger charge is -2.14. The molecule has 0 heterocycles. The molecule has 3 nitrogen and oxygen atoms in total. The van der Waals surface area contributed by atoms with Gasteiger partial charge in [0.25, 0.3) is 0 Å². The van der Waals surface area contributed by atoms with Gasteiger partial charge in [-0.25, -0.2) is 0 Å². The second-order valence-electron chi connectivity index (χ2n) is 6.22. The van der Waals surface area contributed by atoms with E-state index in [0.717, 1.165) is 40.7 Å². The lowest BCUT2D eigenvalue weighted by Crippen LogP contribution is -2.12. The summed E-state index contributed by atoms with van der Waals surface area (Å²) < 4.78 is 11.7. The van der Waals surface area contributed by atoms with Crippen LogP contribution in [0.2, 0.25) is 5.02 Å². The number of benzene rings is 3. The molecule has 5 heteroatoms. The first-order valence-corrected chi connectivity index (χ1v) is 9.50. The predicted octanol–water partition coefficient (Wildman–Crippen LogP) is 6.03. The summed E-state index contributed by atoms with van der Waals surface area (Å²) in [6.45, 7) is 4.65. The van der Waals surface area contributed by atoms with Crippen LogP contribution in [0, 0.1) is 0 Å². The van der Waals surface area contributed by atoms with Crippen molar-refractivity contribution in [1.82, 2.24) is 5.32 Å². The molecule has 0 atom stereocenters. The van der Waals surface area contributed by atoms with Crippen molar-refractivity contribution in [3.8, 4) is 11.5 Å². The maximum atomic E-state index is 5.96. The van der Waals surface area contributed by atoms with Gasteiger partial charge >= 0.3 is 0 Å². The zero-order valence-corrected chi connectivity index (χ0v) is 17.4. The summed E-state index contributed by atoms with van der Waals surface area (Å²) in [7, 11) is 0. The van der Waals surface area contributed by atoms with Gasteiger partial charge in [0.1, 0.15) is 6.61 Å². The van der Waals surface area contributed by atoms with Gasteiger partial charge in [-0.05, 0) is 47.9 Å². The number of hydrogen-bond acceptors (Lipinski definition) is 3. The summed E-state index contributed by atoms with van der Waals surface area (Å²) in [5.41, 5.74) is 3.49. The van der Waals surface area contributed by atoms with Gasteiger partial charge in [0, 0.05) is 18.1 Å². The Bertz CT molecular complexity index is 839. The molecule has 0 radical (unpaired) electrons. The van der Waals surface area contributed by atoms with Crippen molar-refractivity contribution >= 4 is 24.0 Å². The molecule has 3 aromatic carbocycles. The van der Waals surface area contributed by atoms with Crippen molar-refractivity contribution in [2.45, 2.75) is 26.6 Å². The van der Waals surface area contributed by atoms with E-state index in [-0.39, 0.29) is 12.4 Å². The molecule has 148 valence electrons. The fourth-order valence-electron chi connectivity index (χ4n) is 2.74. The molecule has 0 amide bonds. The van der Waals surface area contributed by atoms with Crippen LogP contribution < -0.4 is 14.8 Å². The second-order valence-corrected chi connectivity index (χ2v) is 6.65. The van der Waals surface area contributed by atoms with E-state index >= 15 is 0 Å². The summed E-state index contributed by atoms with van der Waals surface area (Å²) in [5.74, 6) is 1.52. The highest BCUT2D eigenvalue weighted by atomic mass is 35.5. The number of rotatable bonds is 9. The van der Waals surface area contributed by atoms with Crippen LogP contribution in [0.25, 0.3) is 0 Å². The van der Waals surface area contributed by atoms with E-state index in [4.69, 9.17) is 21.1 Å². The fourth-order valence-corrected chi connectivity index (χ4v) is 2.86. The van der Waals surface area contributed by atoms with Gasteiger partial charge in [0.05, 0.1) is 6.61 Å². The number of halogens is 2.